The van der Waals surface area contributed by atoms with Gasteiger partial charge in [-0.3, -0.25) is 19.2 Å². The fourth-order valence-corrected chi connectivity index (χ4v) is 6.18. The molecule has 1 saturated carbocycles. The van der Waals surface area contributed by atoms with Crippen LogP contribution in [0.5, 0.6) is 0 Å². The van der Waals surface area contributed by atoms with Gasteiger partial charge in [-0.15, -0.1) is 0 Å². The lowest BCUT2D eigenvalue weighted by Gasteiger charge is -2.53. The van der Waals surface area contributed by atoms with Gasteiger partial charge in [0.15, 0.2) is 0 Å². The summed E-state index contributed by atoms with van der Waals surface area (Å²) in [4.78, 5) is 67.3. The van der Waals surface area contributed by atoms with Crippen LogP contribution in [-0.2, 0) is 23.9 Å². The van der Waals surface area contributed by atoms with Gasteiger partial charge >= 0.3 is 6.03 Å². The lowest BCUT2D eigenvalue weighted by molar-refractivity contribution is -0.179. The van der Waals surface area contributed by atoms with Gasteiger partial charge in [0.2, 0.25) is 17.6 Å². The van der Waals surface area contributed by atoms with Crippen LogP contribution in [0.15, 0.2) is 0 Å². The van der Waals surface area contributed by atoms with Crippen molar-refractivity contribution in [3.8, 4) is 0 Å². The van der Waals surface area contributed by atoms with Gasteiger partial charge in [-0.1, -0.05) is 60.8 Å². The lowest BCUT2D eigenvalue weighted by atomic mass is 9.58. The smallest absolute Gasteiger partial charge is 0.315 e. The van der Waals surface area contributed by atoms with E-state index in [-0.39, 0.29) is 28.6 Å². The van der Waals surface area contributed by atoms with Gasteiger partial charge in [-0.2, -0.15) is 0 Å². The highest BCUT2D eigenvalue weighted by atomic mass is 16.5. The van der Waals surface area contributed by atoms with Crippen molar-refractivity contribution in [2.24, 2.45) is 33.8 Å². The highest BCUT2D eigenvalue weighted by Gasteiger charge is 2.56. The van der Waals surface area contributed by atoms with Gasteiger partial charge in [-0.05, 0) is 56.3 Å². The third-order valence-corrected chi connectivity index (χ3v) is 9.85. The Bertz CT molecular complexity index is 1070. The standard InChI is InChI=1S/C31H53N5O6/c1-28(2,3)23(34-27(41)35-29(4,5)6)26(40)36-15-19(30(7,8)31(9)16-42-17-31)14-21(36)25(39)33-20(22(37)24(32)38)13-18-11-10-12-18/h18-21,23H,10-17H2,1-9H3,(H2,32,38)(H,33,39)(H2,34,35,41)/t19-,20?,21+,23-/m1/s1. The average molecular weight is 592 g/mol. The summed E-state index contributed by atoms with van der Waals surface area (Å²) < 4.78 is 5.56. The number of nitrogens with zero attached hydrogens (tertiary/aromatic N) is 1. The summed E-state index contributed by atoms with van der Waals surface area (Å²) in [6.45, 7) is 19.1. The predicted octanol–water partition coefficient (Wildman–Crippen LogP) is 2.51. The summed E-state index contributed by atoms with van der Waals surface area (Å²) in [5, 5.41) is 8.52. The predicted molar refractivity (Wildman–Crippen MR) is 159 cm³/mol. The average Bonchev–Trinajstić information content (AvgIpc) is 3.26. The number of carbonyl (C=O) groups is 5. The van der Waals surface area contributed by atoms with Crippen molar-refractivity contribution in [2.75, 3.05) is 19.8 Å². The van der Waals surface area contributed by atoms with Crippen molar-refractivity contribution < 1.29 is 28.7 Å². The second-order valence-corrected chi connectivity index (χ2v) is 15.7. The Kier molecular flexibility index (Phi) is 9.76. The number of hydrogen-bond donors (Lipinski definition) is 4. The molecule has 5 N–H and O–H groups in total. The summed E-state index contributed by atoms with van der Waals surface area (Å²) in [5.41, 5.74) is 3.77. The van der Waals surface area contributed by atoms with E-state index in [1.54, 1.807) is 4.90 Å². The Balaban J connectivity index is 1.92. The van der Waals surface area contributed by atoms with Gasteiger partial charge < -0.3 is 31.3 Å². The Labute approximate surface area is 250 Å². The molecule has 3 rings (SSSR count). The summed E-state index contributed by atoms with van der Waals surface area (Å²) in [7, 11) is 0. The maximum absolute atomic E-state index is 14.3. The molecular formula is C31H53N5O6. The first-order valence-corrected chi connectivity index (χ1v) is 15.3. The molecular weight excluding hydrogens is 538 g/mol. The number of Topliss-reactive ketones (excluding diaryl/α,β-unsaturated/α-hetero) is 1. The molecule has 11 heteroatoms. The molecule has 0 bridgehead atoms. The highest BCUT2D eigenvalue weighted by Crippen LogP contribution is 2.53. The number of nitrogens with two attached hydrogens (primary N) is 1. The van der Waals surface area contributed by atoms with Crippen LogP contribution < -0.4 is 21.7 Å². The van der Waals surface area contributed by atoms with E-state index in [4.69, 9.17) is 10.5 Å². The number of rotatable bonds is 10. The zero-order valence-electron chi connectivity index (χ0n) is 27.0. The molecule has 11 nitrogen and oxygen atoms in total. The maximum Gasteiger partial charge on any atom is 0.315 e. The minimum atomic E-state index is -1.09. The molecule has 2 aliphatic heterocycles. The largest absolute Gasteiger partial charge is 0.380 e. The molecule has 4 atom stereocenters. The van der Waals surface area contributed by atoms with Crippen molar-refractivity contribution in [3.63, 3.8) is 0 Å². The van der Waals surface area contributed by atoms with E-state index in [1.807, 2.05) is 41.5 Å². The van der Waals surface area contributed by atoms with Crippen molar-refractivity contribution in [3.05, 3.63) is 0 Å². The zero-order valence-corrected chi connectivity index (χ0v) is 27.0. The first-order valence-electron chi connectivity index (χ1n) is 15.3. The second-order valence-electron chi connectivity index (χ2n) is 15.7. The van der Waals surface area contributed by atoms with Crippen molar-refractivity contribution in [1.82, 2.24) is 20.9 Å². The first kappa shape index (κ1) is 33.8. The SMILES string of the molecule is CC(C)(C)NC(=O)N[C@H](C(=O)N1C[C@H](C(C)(C)C2(C)COC2)C[C@H]1C(=O)NC(CC1CCC1)C(=O)C(N)=O)C(C)(C)C. The Hall–Kier alpha value is -2.69. The first-order chi connectivity index (χ1) is 19.2. The molecule has 0 radical (unpaired) electrons. The van der Waals surface area contributed by atoms with E-state index < -0.39 is 52.7 Å². The van der Waals surface area contributed by atoms with E-state index in [0.717, 1.165) is 19.3 Å². The van der Waals surface area contributed by atoms with Crippen LogP contribution in [-0.4, -0.2) is 77.9 Å². The molecule has 238 valence electrons. The number of ether oxygens (including phenoxy) is 1. The summed E-state index contributed by atoms with van der Waals surface area (Å²) >= 11 is 0. The summed E-state index contributed by atoms with van der Waals surface area (Å²) in [6, 6.07) is -3.30. The number of ketones is 1. The number of amides is 5. The van der Waals surface area contributed by atoms with Crippen molar-refractivity contribution in [2.45, 2.75) is 118 Å². The topological polar surface area (TPSA) is 160 Å². The Morgan fingerprint density at radius 3 is 2.00 bits per heavy atom. The third kappa shape index (κ3) is 7.44. The number of carbonyl (C=O) groups excluding carboxylic acids is 5. The Morgan fingerprint density at radius 2 is 1.57 bits per heavy atom. The summed E-state index contributed by atoms with van der Waals surface area (Å²) in [5.74, 6) is -2.57. The molecule has 0 spiro atoms. The van der Waals surface area contributed by atoms with Crippen molar-refractivity contribution >= 4 is 29.5 Å². The quantitative estimate of drug-likeness (QED) is 0.286. The minimum Gasteiger partial charge on any atom is -0.380 e. The van der Waals surface area contributed by atoms with E-state index >= 15 is 0 Å². The minimum absolute atomic E-state index is 0.0490. The van der Waals surface area contributed by atoms with Crippen LogP contribution in [0.25, 0.3) is 0 Å². The van der Waals surface area contributed by atoms with Crippen LogP contribution in [0.3, 0.4) is 0 Å². The van der Waals surface area contributed by atoms with Gasteiger partial charge in [0, 0.05) is 17.5 Å². The van der Waals surface area contributed by atoms with Gasteiger partial charge in [0.25, 0.3) is 5.91 Å². The van der Waals surface area contributed by atoms with E-state index in [9.17, 15) is 24.0 Å². The molecule has 2 saturated heterocycles. The molecule has 5 amide bonds. The van der Waals surface area contributed by atoms with Crippen LogP contribution in [0, 0.1) is 28.1 Å². The number of urea groups is 1. The fourth-order valence-electron chi connectivity index (χ4n) is 6.18. The maximum atomic E-state index is 14.3. The van der Waals surface area contributed by atoms with E-state index in [0.29, 0.717) is 32.6 Å². The monoisotopic (exact) mass is 591 g/mol. The van der Waals surface area contributed by atoms with Gasteiger partial charge in [0.05, 0.1) is 19.3 Å². The van der Waals surface area contributed by atoms with Crippen LogP contribution >= 0.6 is 0 Å². The molecule has 1 aliphatic carbocycles. The molecule has 2 heterocycles. The molecule has 42 heavy (non-hydrogen) atoms. The zero-order chi connectivity index (χ0) is 31.8. The molecule has 3 fully saturated rings. The fraction of sp³-hybridized carbons (Fsp3) is 0.839. The molecule has 3 aliphatic rings. The third-order valence-electron chi connectivity index (χ3n) is 9.85. The number of nitrogens with one attached hydrogen (secondary N) is 3. The van der Waals surface area contributed by atoms with E-state index in [1.165, 1.54) is 0 Å². The number of primary amides is 1. The van der Waals surface area contributed by atoms with E-state index in [2.05, 4.69) is 36.7 Å². The summed E-state index contributed by atoms with van der Waals surface area (Å²) in [6.07, 6.45) is 3.63. The van der Waals surface area contributed by atoms with Crippen LogP contribution in [0.2, 0.25) is 0 Å². The van der Waals surface area contributed by atoms with Crippen LogP contribution in [0.1, 0.15) is 94.4 Å². The van der Waals surface area contributed by atoms with Crippen molar-refractivity contribution in [1.29, 1.82) is 0 Å². The second kappa shape index (κ2) is 12.1. The molecule has 0 aromatic heterocycles. The number of likely N-dealkylation sites (tertiary alicyclic amines) is 1. The Morgan fingerprint density at radius 1 is 0.976 bits per heavy atom. The molecule has 1 unspecified atom stereocenters. The molecule has 0 aromatic carbocycles. The van der Waals surface area contributed by atoms with Crippen LogP contribution in [0.4, 0.5) is 4.79 Å². The highest BCUT2D eigenvalue weighted by molar-refractivity contribution is 6.37. The van der Waals surface area contributed by atoms with Gasteiger partial charge in [-0.25, -0.2) is 4.79 Å². The lowest BCUT2D eigenvalue weighted by Crippen LogP contribution is -2.61. The number of hydrogen-bond acceptors (Lipinski definition) is 6. The normalized spacial score (nSPS) is 24.1. The molecule has 0 aromatic rings. The van der Waals surface area contributed by atoms with Gasteiger partial charge in [0.1, 0.15) is 12.1 Å².